The van der Waals surface area contributed by atoms with Gasteiger partial charge in [-0.05, 0) is 31.2 Å². The SMILES string of the molecule is CN=C(NCc1ccnc(N2CCN(C)CC2)c1)N(C)CC1CCOC1. The van der Waals surface area contributed by atoms with Crippen molar-refractivity contribution in [2.45, 2.75) is 13.0 Å². The molecule has 2 fully saturated rings. The van der Waals surface area contributed by atoms with Crippen molar-refractivity contribution >= 4 is 11.8 Å². The molecule has 1 aromatic rings. The van der Waals surface area contributed by atoms with Crippen LogP contribution < -0.4 is 10.2 Å². The van der Waals surface area contributed by atoms with E-state index in [9.17, 15) is 0 Å². The van der Waals surface area contributed by atoms with Crippen LogP contribution in [0.1, 0.15) is 12.0 Å². The van der Waals surface area contributed by atoms with Crippen LogP contribution in [0.3, 0.4) is 0 Å². The summed E-state index contributed by atoms with van der Waals surface area (Å²) in [4.78, 5) is 15.9. The first kappa shape index (κ1) is 18.9. The van der Waals surface area contributed by atoms with Crippen LogP contribution in [0.25, 0.3) is 0 Å². The van der Waals surface area contributed by atoms with E-state index in [4.69, 9.17) is 4.74 Å². The first-order valence-electron chi connectivity index (χ1n) is 9.53. The predicted octanol–water partition coefficient (Wildman–Crippen LogP) is 0.877. The van der Waals surface area contributed by atoms with Gasteiger partial charge in [0, 0.05) is 72.1 Å². The Morgan fingerprint density at radius 1 is 1.38 bits per heavy atom. The van der Waals surface area contributed by atoms with Crippen LogP contribution in [0.2, 0.25) is 0 Å². The van der Waals surface area contributed by atoms with Gasteiger partial charge in [0.25, 0.3) is 0 Å². The third-order valence-corrected chi connectivity index (χ3v) is 5.22. The fourth-order valence-electron chi connectivity index (χ4n) is 3.55. The van der Waals surface area contributed by atoms with Crippen LogP contribution in [-0.4, -0.2) is 87.8 Å². The first-order valence-corrected chi connectivity index (χ1v) is 9.53. The number of hydrogen-bond donors (Lipinski definition) is 1. The zero-order valence-corrected chi connectivity index (χ0v) is 16.3. The molecule has 7 heteroatoms. The summed E-state index contributed by atoms with van der Waals surface area (Å²) in [6.45, 7) is 7.72. The monoisotopic (exact) mass is 360 g/mol. The lowest BCUT2D eigenvalue weighted by molar-refractivity contribution is 0.181. The van der Waals surface area contributed by atoms with E-state index in [1.807, 2.05) is 13.2 Å². The summed E-state index contributed by atoms with van der Waals surface area (Å²) in [5.41, 5.74) is 1.23. The highest BCUT2D eigenvalue weighted by Gasteiger charge is 2.19. The summed E-state index contributed by atoms with van der Waals surface area (Å²) in [5, 5.41) is 3.48. The minimum Gasteiger partial charge on any atom is -0.381 e. The Morgan fingerprint density at radius 2 is 2.19 bits per heavy atom. The Hall–Kier alpha value is -1.86. The molecule has 0 radical (unpaired) electrons. The van der Waals surface area contributed by atoms with Crippen molar-refractivity contribution < 1.29 is 4.74 Å². The minimum absolute atomic E-state index is 0.600. The number of piperazine rings is 1. The van der Waals surface area contributed by atoms with E-state index in [1.165, 1.54) is 5.56 Å². The normalized spacial score (nSPS) is 21.9. The van der Waals surface area contributed by atoms with E-state index >= 15 is 0 Å². The van der Waals surface area contributed by atoms with E-state index < -0.39 is 0 Å². The Balaban J connectivity index is 1.53. The van der Waals surface area contributed by atoms with Gasteiger partial charge in [-0.2, -0.15) is 0 Å². The van der Waals surface area contributed by atoms with Gasteiger partial charge in [-0.25, -0.2) is 4.98 Å². The number of guanidine groups is 1. The molecular weight excluding hydrogens is 328 g/mol. The van der Waals surface area contributed by atoms with Crippen LogP contribution in [0.4, 0.5) is 5.82 Å². The van der Waals surface area contributed by atoms with Crippen molar-refractivity contribution in [2.75, 3.05) is 72.0 Å². The Bertz CT molecular complexity index is 593. The number of aliphatic imine (C=N–C) groups is 1. The zero-order valence-electron chi connectivity index (χ0n) is 16.3. The smallest absolute Gasteiger partial charge is 0.193 e. The molecule has 1 unspecified atom stereocenters. The molecule has 0 saturated carbocycles. The van der Waals surface area contributed by atoms with E-state index in [0.717, 1.165) is 70.7 Å². The van der Waals surface area contributed by atoms with Crippen LogP contribution in [0.15, 0.2) is 23.3 Å². The molecular formula is C19H32N6O. The fraction of sp³-hybridized carbons (Fsp3) is 0.684. The van der Waals surface area contributed by atoms with Gasteiger partial charge in [0.05, 0.1) is 6.61 Å². The van der Waals surface area contributed by atoms with Gasteiger partial charge in [-0.1, -0.05) is 0 Å². The van der Waals surface area contributed by atoms with Crippen molar-refractivity contribution in [2.24, 2.45) is 10.9 Å². The molecule has 2 saturated heterocycles. The lowest BCUT2D eigenvalue weighted by atomic mass is 10.1. The van der Waals surface area contributed by atoms with Gasteiger partial charge in [0.1, 0.15) is 5.82 Å². The fourth-order valence-corrected chi connectivity index (χ4v) is 3.55. The maximum Gasteiger partial charge on any atom is 0.193 e. The molecule has 0 bridgehead atoms. The minimum atomic E-state index is 0.600. The van der Waals surface area contributed by atoms with Crippen molar-refractivity contribution in [1.82, 2.24) is 20.1 Å². The maximum atomic E-state index is 5.48. The summed E-state index contributed by atoms with van der Waals surface area (Å²) in [7, 11) is 6.10. The predicted molar refractivity (Wildman–Crippen MR) is 106 cm³/mol. The molecule has 7 nitrogen and oxygen atoms in total. The Labute approximate surface area is 157 Å². The first-order chi connectivity index (χ1) is 12.7. The highest BCUT2D eigenvalue weighted by molar-refractivity contribution is 5.79. The van der Waals surface area contributed by atoms with Gasteiger partial charge in [-0.3, -0.25) is 4.99 Å². The number of ether oxygens (including phenoxy) is 1. The van der Waals surface area contributed by atoms with Crippen LogP contribution in [0.5, 0.6) is 0 Å². The molecule has 0 aromatic carbocycles. The molecule has 26 heavy (non-hydrogen) atoms. The molecule has 3 rings (SSSR count). The molecule has 2 aliphatic rings. The molecule has 0 spiro atoms. The molecule has 1 atom stereocenters. The van der Waals surface area contributed by atoms with Crippen molar-refractivity contribution in [3.05, 3.63) is 23.9 Å². The van der Waals surface area contributed by atoms with Gasteiger partial charge in [0.2, 0.25) is 0 Å². The second-order valence-corrected chi connectivity index (χ2v) is 7.32. The number of rotatable bonds is 5. The van der Waals surface area contributed by atoms with E-state index in [-0.39, 0.29) is 0 Å². The molecule has 0 aliphatic carbocycles. The van der Waals surface area contributed by atoms with Crippen molar-refractivity contribution in [3.63, 3.8) is 0 Å². The molecule has 2 aliphatic heterocycles. The standard InChI is InChI=1S/C19H32N6O/c1-20-19(24(3)14-17-5-11-26-15-17)22-13-16-4-6-21-18(12-16)25-9-7-23(2)8-10-25/h4,6,12,17H,5,7-11,13-15H2,1-3H3,(H,20,22). The highest BCUT2D eigenvalue weighted by atomic mass is 16.5. The lowest BCUT2D eigenvalue weighted by Crippen LogP contribution is -2.44. The summed E-state index contributed by atoms with van der Waals surface area (Å²) in [6.07, 6.45) is 3.05. The van der Waals surface area contributed by atoms with Gasteiger partial charge in [-0.15, -0.1) is 0 Å². The number of nitrogens with zero attached hydrogens (tertiary/aromatic N) is 5. The number of anilines is 1. The largest absolute Gasteiger partial charge is 0.381 e. The van der Waals surface area contributed by atoms with E-state index in [2.05, 4.69) is 56.2 Å². The summed E-state index contributed by atoms with van der Waals surface area (Å²) in [5.74, 6) is 2.60. The second kappa shape index (κ2) is 9.19. The highest BCUT2D eigenvalue weighted by Crippen LogP contribution is 2.15. The van der Waals surface area contributed by atoms with Gasteiger partial charge >= 0.3 is 0 Å². The van der Waals surface area contributed by atoms with E-state index in [1.54, 1.807) is 0 Å². The summed E-state index contributed by atoms with van der Waals surface area (Å²) in [6, 6.07) is 4.26. The Morgan fingerprint density at radius 3 is 2.88 bits per heavy atom. The molecule has 3 heterocycles. The number of nitrogens with one attached hydrogen (secondary N) is 1. The average molecular weight is 361 g/mol. The van der Waals surface area contributed by atoms with Crippen LogP contribution in [-0.2, 0) is 11.3 Å². The van der Waals surface area contributed by atoms with Crippen molar-refractivity contribution in [1.29, 1.82) is 0 Å². The van der Waals surface area contributed by atoms with E-state index in [0.29, 0.717) is 5.92 Å². The number of aromatic nitrogens is 1. The quantitative estimate of drug-likeness (QED) is 0.621. The van der Waals surface area contributed by atoms with Crippen LogP contribution >= 0.6 is 0 Å². The number of hydrogen-bond acceptors (Lipinski definition) is 5. The topological polar surface area (TPSA) is 56.2 Å². The third kappa shape index (κ3) is 5.08. The number of likely N-dealkylation sites (N-methyl/N-ethyl adjacent to an activating group) is 1. The molecule has 1 aromatic heterocycles. The zero-order chi connectivity index (χ0) is 18.4. The van der Waals surface area contributed by atoms with Crippen molar-refractivity contribution in [3.8, 4) is 0 Å². The van der Waals surface area contributed by atoms with Crippen LogP contribution in [0, 0.1) is 5.92 Å². The average Bonchev–Trinajstić information content (AvgIpc) is 3.16. The van der Waals surface area contributed by atoms with Gasteiger partial charge in [0.15, 0.2) is 5.96 Å². The number of pyridine rings is 1. The third-order valence-electron chi connectivity index (χ3n) is 5.22. The Kier molecular flexibility index (Phi) is 6.68. The maximum absolute atomic E-state index is 5.48. The molecule has 144 valence electrons. The van der Waals surface area contributed by atoms with Gasteiger partial charge < -0.3 is 24.8 Å². The lowest BCUT2D eigenvalue weighted by Gasteiger charge is -2.33. The summed E-state index contributed by atoms with van der Waals surface area (Å²) < 4.78 is 5.48. The summed E-state index contributed by atoms with van der Waals surface area (Å²) >= 11 is 0. The second-order valence-electron chi connectivity index (χ2n) is 7.32. The molecule has 0 amide bonds. The molecule has 1 N–H and O–H groups in total.